The number of amides is 1. The zero-order valence-corrected chi connectivity index (χ0v) is 21.0. The lowest BCUT2D eigenvalue weighted by Gasteiger charge is -2.09. The molecule has 0 unspecified atom stereocenters. The van der Waals surface area contributed by atoms with Gasteiger partial charge in [-0.15, -0.1) is 10.2 Å². The molecule has 6 aromatic rings. The SMILES string of the molecule is CCn1c2ccccc2c2cc(NC(=O)CSc3nnc(-c4ccncc4)n3Cc3ccco3)ccc21. The number of carbonyl (C=O) groups is 1. The van der Waals surface area contributed by atoms with E-state index in [0.717, 1.165) is 34.5 Å². The van der Waals surface area contributed by atoms with Crippen LogP contribution in [-0.4, -0.2) is 36.0 Å². The third-order valence-corrected chi connectivity index (χ3v) is 7.22. The first-order valence-electron chi connectivity index (χ1n) is 12.0. The molecule has 2 aromatic carbocycles. The highest BCUT2D eigenvalue weighted by atomic mass is 32.2. The highest BCUT2D eigenvalue weighted by Gasteiger charge is 2.17. The number of anilines is 1. The van der Waals surface area contributed by atoms with Crippen LogP contribution in [-0.2, 0) is 17.9 Å². The summed E-state index contributed by atoms with van der Waals surface area (Å²) in [5.74, 6) is 1.56. The topological polar surface area (TPSA) is 90.8 Å². The maximum atomic E-state index is 12.9. The number of furan rings is 1. The Kier molecular flexibility index (Phi) is 6.20. The lowest BCUT2D eigenvalue weighted by molar-refractivity contribution is -0.113. The molecule has 4 heterocycles. The number of para-hydroxylation sites is 1. The highest BCUT2D eigenvalue weighted by molar-refractivity contribution is 7.99. The summed E-state index contributed by atoms with van der Waals surface area (Å²) in [5, 5.41) is 14.8. The van der Waals surface area contributed by atoms with Gasteiger partial charge in [-0.1, -0.05) is 30.0 Å². The van der Waals surface area contributed by atoms with Crippen LogP contribution in [0.5, 0.6) is 0 Å². The molecule has 0 spiro atoms. The van der Waals surface area contributed by atoms with Crippen LogP contribution < -0.4 is 5.32 Å². The lowest BCUT2D eigenvalue weighted by atomic mass is 10.1. The maximum Gasteiger partial charge on any atom is 0.234 e. The van der Waals surface area contributed by atoms with E-state index in [-0.39, 0.29) is 11.7 Å². The highest BCUT2D eigenvalue weighted by Crippen LogP contribution is 2.31. The van der Waals surface area contributed by atoms with Crippen molar-refractivity contribution in [2.75, 3.05) is 11.1 Å². The number of pyridine rings is 1. The van der Waals surface area contributed by atoms with E-state index in [1.54, 1.807) is 18.7 Å². The maximum absolute atomic E-state index is 12.9. The van der Waals surface area contributed by atoms with Crippen LogP contribution in [0.2, 0.25) is 0 Å². The normalized spacial score (nSPS) is 11.4. The molecule has 0 saturated heterocycles. The lowest BCUT2D eigenvalue weighted by Crippen LogP contribution is -2.14. The van der Waals surface area contributed by atoms with Gasteiger partial charge in [-0.3, -0.25) is 14.3 Å². The van der Waals surface area contributed by atoms with Crippen molar-refractivity contribution in [3.63, 3.8) is 0 Å². The molecule has 4 aromatic heterocycles. The molecule has 37 heavy (non-hydrogen) atoms. The third-order valence-electron chi connectivity index (χ3n) is 6.25. The molecule has 1 amide bonds. The Bertz CT molecular complexity index is 1690. The molecule has 0 bridgehead atoms. The first-order chi connectivity index (χ1) is 18.2. The Balaban J connectivity index is 1.22. The van der Waals surface area contributed by atoms with Gasteiger partial charge in [-0.2, -0.15) is 0 Å². The second-order valence-electron chi connectivity index (χ2n) is 8.54. The van der Waals surface area contributed by atoms with E-state index in [4.69, 9.17) is 4.42 Å². The predicted octanol–water partition coefficient (Wildman–Crippen LogP) is 5.84. The third kappa shape index (κ3) is 4.49. The van der Waals surface area contributed by atoms with Gasteiger partial charge in [0, 0.05) is 52.0 Å². The number of hydrogen-bond donors (Lipinski definition) is 1. The number of hydrogen-bond acceptors (Lipinski definition) is 6. The van der Waals surface area contributed by atoms with E-state index in [1.807, 2.05) is 47.0 Å². The van der Waals surface area contributed by atoms with Crippen molar-refractivity contribution < 1.29 is 9.21 Å². The number of benzene rings is 2. The molecule has 0 atom stereocenters. The first kappa shape index (κ1) is 23.1. The number of nitrogens with one attached hydrogen (secondary N) is 1. The molecule has 0 aliphatic heterocycles. The van der Waals surface area contributed by atoms with Crippen molar-refractivity contribution in [2.24, 2.45) is 0 Å². The Morgan fingerprint density at radius 1 is 0.946 bits per heavy atom. The summed E-state index contributed by atoms with van der Waals surface area (Å²) in [6.45, 7) is 3.48. The molecular formula is C28H24N6O2S. The van der Waals surface area contributed by atoms with Crippen molar-refractivity contribution in [1.82, 2.24) is 24.3 Å². The van der Waals surface area contributed by atoms with Gasteiger partial charge in [0.05, 0.1) is 18.6 Å². The van der Waals surface area contributed by atoms with E-state index in [0.29, 0.717) is 17.5 Å². The van der Waals surface area contributed by atoms with Gasteiger partial charge in [0.25, 0.3) is 0 Å². The Labute approximate surface area is 217 Å². The summed E-state index contributed by atoms with van der Waals surface area (Å²) in [5.41, 5.74) is 4.02. The van der Waals surface area contributed by atoms with Crippen LogP contribution in [0, 0.1) is 0 Å². The predicted molar refractivity (Wildman–Crippen MR) is 146 cm³/mol. The molecule has 8 nitrogen and oxygen atoms in total. The fraction of sp³-hybridized carbons (Fsp3) is 0.143. The molecule has 6 rings (SSSR count). The standard InChI is InChI=1S/C28H24N6O2S/c1-2-33-24-8-4-3-7-22(24)23-16-20(9-10-25(23)33)30-26(35)18-37-28-32-31-27(19-11-13-29-14-12-19)34(28)17-21-6-5-15-36-21/h3-16H,2,17-18H2,1H3,(H,30,35). The van der Waals surface area contributed by atoms with Gasteiger partial charge in [-0.25, -0.2) is 0 Å². The minimum atomic E-state index is -0.110. The molecule has 0 fully saturated rings. The number of aromatic nitrogens is 5. The van der Waals surface area contributed by atoms with Crippen molar-refractivity contribution in [2.45, 2.75) is 25.2 Å². The van der Waals surface area contributed by atoms with E-state index in [9.17, 15) is 4.79 Å². The molecule has 0 aliphatic rings. The summed E-state index contributed by atoms with van der Waals surface area (Å²) in [4.78, 5) is 17.0. The average molecular weight is 509 g/mol. The average Bonchev–Trinajstić information content (AvgIpc) is 3.66. The second kappa shape index (κ2) is 9.94. The Morgan fingerprint density at radius 2 is 1.78 bits per heavy atom. The van der Waals surface area contributed by atoms with Crippen molar-refractivity contribution in [3.05, 3.63) is 91.1 Å². The Hall–Kier alpha value is -4.37. The molecule has 0 saturated carbocycles. The minimum Gasteiger partial charge on any atom is -0.467 e. The van der Waals surface area contributed by atoms with Gasteiger partial charge in [0.2, 0.25) is 5.91 Å². The zero-order valence-electron chi connectivity index (χ0n) is 20.2. The van der Waals surface area contributed by atoms with Crippen LogP contribution in [0.25, 0.3) is 33.2 Å². The number of aryl methyl sites for hydroxylation is 1. The van der Waals surface area contributed by atoms with Crippen molar-refractivity contribution in [3.8, 4) is 11.4 Å². The number of nitrogens with zero attached hydrogens (tertiary/aromatic N) is 5. The van der Waals surface area contributed by atoms with Gasteiger partial charge in [0.15, 0.2) is 11.0 Å². The molecule has 0 aliphatic carbocycles. The number of rotatable bonds is 8. The molecule has 1 N–H and O–H groups in total. The molecular weight excluding hydrogens is 484 g/mol. The second-order valence-corrected chi connectivity index (χ2v) is 9.48. The Morgan fingerprint density at radius 3 is 2.59 bits per heavy atom. The van der Waals surface area contributed by atoms with Gasteiger partial charge >= 0.3 is 0 Å². The number of carbonyl (C=O) groups excluding carboxylic acids is 1. The monoisotopic (exact) mass is 508 g/mol. The number of fused-ring (bicyclic) bond motifs is 3. The van der Waals surface area contributed by atoms with Crippen LogP contribution in [0.15, 0.2) is 95.0 Å². The molecule has 0 radical (unpaired) electrons. The van der Waals surface area contributed by atoms with Crippen LogP contribution in [0.3, 0.4) is 0 Å². The first-order valence-corrected chi connectivity index (χ1v) is 13.0. The van der Waals surface area contributed by atoms with Gasteiger partial charge < -0.3 is 14.3 Å². The number of thioether (sulfide) groups is 1. The minimum absolute atomic E-state index is 0.110. The summed E-state index contributed by atoms with van der Waals surface area (Å²) in [7, 11) is 0. The summed E-state index contributed by atoms with van der Waals surface area (Å²) >= 11 is 1.34. The fourth-order valence-corrected chi connectivity index (χ4v) is 5.35. The smallest absolute Gasteiger partial charge is 0.234 e. The van der Waals surface area contributed by atoms with E-state index in [1.165, 1.54) is 22.7 Å². The van der Waals surface area contributed by atoms with Crippen molar-refractivity contribution >= 4 is 45.2 Å². The van der Waals surface area contributed by atoms with E-state index >= 15 is 0 Å². The van der Waals surface area contributed by atoms with Crippen molar-refractivity contribution in [1.29, 1.82) is 0 Å². The quantitative estimate of drug-likeness (QED) is 0.260. The van der Waals surface area contributed by atoms with Crippen LogP contribution in [0.4, 0.5) is 5.69 Å². The zero-order chi connectivity index (χ0) is 25.2. The summed E-state index contributed by atoms with van der Waals surface area (Å²) < 4.78 is 9.80. The molecule has 9 heteroatoms. The molecule has 184 valence electrons. The van der Waals surface area contributed by atoms with Gasteiger partial charge in [0.1, 0.15) is 5.76 Å². The van der Waals surface area contributed by atoms with E-state index in [2.05, 4.69) is 56.3 Å². The van der Waals surface area contributed by atoms with E-state index < -0.39 is 0 Å². The summed E-state index contributed by atoms with van der Waals surface area (Å²) in [6.07, 6.45) is 5.08. The fourth-order valence-electron chi connectivity index (χ4n) is 4.61. The van der Waals surface area contributed by atoms with Gasteiger partial charge in [-0.05, 0) is 55.5 Å². The van der Waals surface area contributed by atoms with Crippen LogP contribution in [0.1, 0.15) is 12.7 Å². The van der Waals surface area contributed by atoms with Crippen LogP contribution >= 0.6 is 11.8 Å². The largest absolute Gasteiger partial charge is 0.467 e. The summed E-state index contributed by atoms with van der Waals surface area (Å²) in [6, 6.07) is 22.0.